The maximum atomic E-state index is 5.62. The van der Waals surface area contributed by atoms with Gasteiger partial charge in [-0.25, -0.2) is 0 Å². The first kappa shape index (κ1) is 13.7. The van der Waals surface area contributed by atoms with E-state index in [0.29, 0.717) is 6.61 Å². The van der Waals surface area contributed by atoms with Crippen molar-refractivity contribution in [3.8, 4) is 5.75 Å². The zero-order valence-corrected chi connectivity index (χ0v) is 13.4. The van der Waals surface area contributed by atoms with Gasteiger partial charge in [0.25, 0.3) is 0 Å². The minimum Gasteiger partial charge on any atom is -0.493 e. The first-order chi connectivity index (χ1) is 8.61. The summed E-state index contributed by atoms with van der Waals surface area (Å²) in [7, 11) is 0. The standard InChI is InChI=1S/C14H14Br2O2/c1-3-17-12-7-5-10(8-11(12)15)14(16)13-6-4-9(2)18-13/h4-8,14H,3H2,1-2H3. The quantitative estimate of drug-likeness (QED) is 0.684. The second-order valence-electron chi connectivity index (χ2n) is 3.93. The molecule has 0 aliphatic carbocycles. The number of ether oxygens (including phenoxy) is 1. The summed E-state index contributed by atoms with van der Waals surface area (Å²) in [4.78, 5) is 0.0539. The van der Waals surface area contributed by atoms with Gasteiger partial charge in [0.2, 0.25) is 0 Å². The van der Waals surface area contributed by atoms with E-state index < -0.39 is 0 Å². The van der Waals surface area contributed by atoms with Crippen LogP contribution in [0.5, 0.6) is 5.75 Å². The van der Waals surface area contributed by atoms with Crippen molar-refractivity contribution in [1.82, 2.24) is 0 Å². The third-order valence-electron chi connectivity index (χ3n) is 2.56. The number of halogens is 2. The van der Waals surface area contributed by atoms with Crippen LogP contribution in [-0.4, -0.2) is 6.61 Å². The van der Waals surface area contributed by atoms with Crippen LogP contribution >= 0.6 is 31.9 Å². The lowest BCUT2D eigenvalue weighted by molar-refractivity contribution is 0.338. The summed E-state index contributed by atoms with van der Waals surface area (Å²) in [6.07, 6.45) is 0. The molecule has 18 heavy (non-hydrogen) atoms. The Morgan fingerprint density at radius 3 is 2.61 bits per heavy atom. The van der Waals surface area contributed by atoms with Crippen LogP contribution in [0, 0.1) is 6.92 Å². The number of alkyl halides is 1. The highest BCUT2D eigenvalue weighted by Gasteiger charge is 2.15. The van der Waals surface area contributed by atoms with Gasteiger partial charge >= 0.3 is 0 Å². The van der Waals surface area contributed by atoms with Gasteiger partial charge in [-0.2, -0.15) is 0 Å². The maximum Gasteiger partial charge on any atom is 0.133 e. The Morgan fingerprint density at radius 1 is 1.28 bits per heavy atom. The first-order valence-corrected chi connectivity index (χ1v) is 7.45. The summed E-state index contributed by atoms with van der Waals surface area (Å²) < 4.78 is 12.1. The Bertz CT molecular complexity index is 534. The number of rotatable bonds is 4. The summed E-state index contributed by atoms with van der Waals surface area (Å²) in [5.41, 5.74) is 1.12. The molecule has 0 aliphatic heterocycles. The molecule has 0 saturated heterocycles. The summed E-state index contributed by atoms with van der Waals surface area (Å²) >= 11 is 7.17. The predicted octanol–water partition coefficient (Wildman–Crippen LogP) is 5.23. The molecule has 1 aromatic heterocycles. The van der Waals surface area contributed by atoms with Gasteiger partial charge in [0, 0.05) is 0 Å². The van der Waals surface area contributed by atoms with Gasteiger partial charge in [0.15, 0.2) is 0 Å². The summed E-state index contributed by atoms with van der Waals surface area (Å²) in [6.45, 7) is 4.57. The first-order valence-electron chi connectivity index (χ1n) is 5.74. The zero-order valence-electron chi connectivity index (χ0n) is 10.2. The maximum absolute atomic E-state index is 5.62. The topological polar surface area (TPSA) is 22.4 Å². The third kappa shape index (κ3) is 2.98. The van der Waals surface area contributed by atoms with Crippen molar-refractivity contribution in [2.75, 3.05) is 6.61 Å². The lowest BCUT2D eigenvalue weighted by Gasteiger charge is -2.11. The smallest absolute Gasteiger partial charge is 0.133 e. The number of aryl methyl sites for hydroxylation is 1. The van der Waals surface area contributed by atoms with Gasteiger partial charge in [-0.1, -0.05) is 22.0 Å². The lowest BCUT2D eigenvalue weighted by Crippen LogP contribution is -1.95. The zero-order chi connectivity index (χ0) is 13.1. The Hall–Kier alpha value is -0.740. The fourth-order valence-electron chi connectivity index (χ4n) is 1.70. The highest BCUT2D eigenvalue weighted by atomic mass is 79.9. The molecule has 96 valence electrons. The number of hydrogen-bond acceptors (Lipinski definition) is 2. The molecule has 0 aliphatic rings. The van der Waals surface area contributed by atoms with Gasteiger partial charge in [0.05, 0.1) is 15.9 Å². The Kier molecular flexibility index (Phi) is 4.51. The van der Waals surface area contributed by atoms with Crippen LogP contribution in [0.15, 0.2) is 39.2 Å². The van der Waals surface area contributed by atoms with Gasteiger partial charge < -0.3 is 9.15 Å². The summed E-state index contributed by atoms with van der Waals surface area (Å²) in [5, 5.41) is 0. The van der Waals surface area contributed by atoms with Crippen molar-refractivity contribution >= 4 is 31.9 Å². The lowest BCUT2D eigenvalue weighted by atomic mass is 10.1. The van der Waals surface area contributed by atoms with Crippen LogP contribution in [0.4, 0.5) is 0 Å². The highest BCUT2D eigenvalue weighted by Crippen LogP contribution is 2.36. The van der Waals surface area contributed by atoms with Crippen molar-refractivity contribution in [3.05, 3.63) is 51.9 Å². The molecular weight excluding hydrogens is 360 g/mol. The van der Waals surface area contributed by atoms with E-state index >= 15 is 0 Å². The summed E-state index contributed by atoms with van der Waals surface area (Å²) in [5.74, 6) is 2.68. The Labute approximate surface area is 124 Å². The molecule has 0 amide bonds. The number of benzene rings is 1. The van der Waals surface area contributed by atoms with Crippen LogP contribution in [-0.2, 0) is 0 Å². The van der Waals surface area contributed by atoms with Crippen molar-refractivity contribution < 1.29 is 9.15 Å². The second kappa shape index (κ2) is 5.93. The van der Waals surface area contributed by atoms with E-state index in [0.717, 1.165) is 27.3 Å². The van der Waals surface area contributed by atoms with Gasteiger partial charge in [-0.3, -0.25) is 0 Å². The molecule has 2 rings (SSSR count). The van der Waals surface area contributed by atoms with Crippen LogP contribution in [0.1, 0.15) is 28.8 Å². The van der Waals surface area contributed by atoms with E-state index in [4.69, 9.17) is 9.15 Å². The number of furan rings is 1. The van der Waals surface area contributed by atoms with Crippen LogP contribution in [0.2, 0.25) is 0 Å². The largest absolute Gasteiger partial charge is 0.493 e. The Morgan fingerprint density at radius 2 is 2.06 bits per heavy atom. The third-order valence-corrected chi connectivity index (χ3v) is 4.16. The highest BCUT2D eigenvalue weighted by molar-refractivity contribution is 9.10. The van der Waals surface area contributed by atoms with Crippen molar-refractivity contribution in [2.45, 2.75) is 18.7 Å². The van der Waals surface area contributed by atoms with Gasteiger partial charge in [0.1, 0.15) is 17.3 Å². The van der Waals surface area contributed by atoms with E-state index in [1.54, 1.807) is 0 Å². The predicted molar refractivity (Wildman–Crippen MR) is 79.5 cm³/mol. The summed E-state index contributed by atoms with van der Waals surface area (Å²) in [6, 6.07) is 9.99. The van der Waals surface area contributed by atoms with Crippen LogP contribution < -0.4 is 4.74 Å². The second-order valence-corrected chi connectivity index (χ2v) is 5.70. The fourth-order valence-corrected chi connectivity index (χ4v) is 2.74. The molecule has 1 heterocycles. The van der Waals surface area contributed by atoms with Crippen LogP contribution in [0.3, 0.4) is 0 Å². The fraction of sp³-hybridized carbons (Fsp3) is 0.286. The van der Waals surface area contributed by atoms with Crippen molar-refractivity contribution in [2.24, 2.45) is 0 Å². The van der Waals surface area contributed by atoms with E-state index in [1.807, 2.05) is 44.2 Å². The molecule has 0 fully saturated rings. The van der Waals surface area contributed by atoms with E-state index in [9.17, 15) is 0 Å². The molecule has 1 aromatic carbocycles. The molecular formula is C14H14Br2O2. The van der Waals surface area contributed by atoms with Crippen LogP contribution in [0.25, 0.3) is 0 Å². The van der Waals surface area contributed by atoms with E-state index in [2.05, 4.69) is 31.9 Å². The van der Waals surface area contributed by atoms with Crippen molar-refractivity contribution in [3.63, 3.8) is 0 Å². The molecule has 4 heteroatoms. The molecule has 0 spiro atoms. The normalized spacial score (nSPS) is 12.4. The minimum absolute atomic E-state index is 0.0539. The average molecular weight is 374 g/mol. The molecule has 1 atom stereocenters. The van der Waals surface area contributed by atoms with E-state index in [1.165, 1.54) is 0 Å². The molecule has 2 nitrogen and oxygen atoms in total. The van der Waals surface area contributed by atoms with E-state index in [-0.39, 0.29) is 4.83 Å². The molecule has 0 radical (unpaired) electrons. The van der Waals surface area contributed by atoms with Gasteiger partial charge in [-0.15, -0.1) is 0 Å². The minimum atomic E-state index is 0.0539. The molecule has 0 bridgehead atoms. The molecule has 2 aromatic rings. The van der Waals surface area contributed by atoms with Gasteiger partial charge in [-0.05, 0) is 59.6 Å². The Balaban J connectivity index is 2.26. The van der Waals surface area contributed by atoms with Crippen molar-refractivity contribution in [1.29, 1.82) is 0 Å². The molecule has 1 unspecified atom stereocenters. The monoisotopic (exact) mass is 372 g/mol. The average Bonchev–Trinajstić information content (AvgIpc) is 2.78. The molecule has 0 saturated carbocycles. The molecule has 0 N–H and O–H groups in total. The number of hydrogen-bond donors (Lipinski definition) is 0. The SMILES string of the molecule is CCOc1ccc(C(Br)c2ccc(C)o2)cc1Br.